The molecule has 0 bridgehead atoms. The Hall–Kier alpha value is -2.68. The number of aromatic hydroxyl groups is 2. The number of benzene rings is 1. The van der Waals surface area contributed by atoms with Gasteiger partial charge in [-0.3, -0.25) is 9.59 Å². The Kier molecular flexibility index (Phi) is 7.95. The molecule has 3 fully saturated rings. The summed E-state index contributed by atoms with van der Waals surface area (Å²) in [5.74, 6) is -0.688. The number of carbonyl (C=O) groups is 3. The Bertz CT molecular complexity index is 1440. The van der Waals surface area contributed by atoms with Gasteiger partial charge >= 0.3 is 5.97 Å². The van der Waals surface area contributed by atoms with Crippen LogP contribution < -0.4 is 11.1 Å². The van der Waals surface area contributed by atoms with Crippen molar-refractivity contribution in [1.29, 1.82) is 0 Å². The maximum atomic E-state index is 12.7. The Morgan fingerprint density at radius 2 is 1.73 bits per heavy atom. The lowest BCUT2D eigenvalue weighted by Gasteiger charge is -2.70. The Labute approximate surface area is 266 Å². The molecule has 1 aromatic carbocycles. The number of carbonyl (C=O) groups excluding carboxylic acids is 3. The van der Waals surface area contributed by atoms with Gasteiger partial charge in [-0.15, -0.1) is 11.8 Å². The molecule has 5 N–H and O–H groups in total. The van der Waals surface area contributed by atoms with Gasteiger partial charge in [-0.2, -0.15) is 0 Å². The van der Waals surface area contributed by atoms with Crippen LogP contribution in [0.25, 0.3) is 0 Å². The van der Waals surface area contributed by atoms with Crippen molar-refractivity contribution in [3.63, 3.8) is 0 Å². The zero-order valence-corrected chi connectivity index (χ0v) is 28.4. The molecule has 0 radical (unpaired) electrons. The average Bonchev–Trinajstić information content (AvgIpc) is 2.96. The molecule has 2 amide bonds. The van der Waals surface area contributed by atoms with Gasteiger partial charge < -0.3 is 26.0 Å². The number of amides is 2. The average molecular weight is 627 g/mol. The van der Waals surface area contributed by atoms with Crippen molar-refractivity contribution in [3.8, 4) is 11.5 Å². The maximum Gasteiger partial charge on any atom is 0.329 e. The number of primary amides is 1. The number of rotatable bonds is 6. The summed E-state index contributed by atoms with van der Waals surface area (Å²) in [6.45, 7) is 14.8. The van der Waals surface area contributed by atoms with Gasteiger partial charge in [0.1, 0.15) is 6.04 Å². The Morgan fingerprint density at radius 1 is 1.07 bits per heavy atom. The fourth-order valence-electron chi connectivity index (χ4n) is 9.80. The van der Waals surface area contributed by atoms with Gasteiger partial charge in [0, 0.05) is 28.8 Å². The highest BCUT2D eigenvalue weighted by molar-refractivity contribution is 7.99. The zero-order chi connectivity index (χ0) is 32.6. The van der Waals surface area contributed by atoms with Crippen molar-refractivity contribution in [2.75, 3.05) is 12.9 Å². The lowest BCUT2D eigenvalue weighted by atomic mass is 9.34. The molecule has 5 rings (SSSR count). The molecule has 1 aromatic rings. The molecule has 242 valence electrons. The number of phenols is 2. The summed E-state index contributed by atoms with van der Waals surface area (Å²) in [6.07, 6.45) is 8.87. The number of hydrogen-bond donors (Lipinski definition) is 4. The number of hydrogen-bond acceptors (Lipinski definition) is 7. The van der Waals surface area contributed by atoms with Crippen LogP contribution in [0.3, 0.4) is 0 Å². The van der Waals surface area contributed by atoms with Crippen molar-refractivity contribution in [2.24, 2.45) is 33.3 Å². The first-order valence-electron chi connectivity index (χ1n) is 15.9. The van der Waals surface area contributed by atoms with Crippen LogP contribution in [0.5, 0.6) is 11.5 Å². The maximum absolute atomic E-state index is 12.7. The number of methoxy groups -OCH3 is 1. The number of thioether (sulfide) groups is 1. The molecule has 8 atom stereocenters. The van der Waals surface area contributed by atoms with Crippen molar-refractivity contribution in [1.82, 2.24) is 5.32 Å². The smallest absolute Gasteiger partial charge is 0.329 e. The van der Waals surface area contributed by atoms with Crippen molar-refractivity contribution >= 4 is 29.5 Å². The van der Waals surface area contributed by atoms with E-state index in [2.05, 4.69) is 39.1 Å². The van der Waals surface area contributed by atoms with E-state index < -0.39 is 17.4 Å². The number of nitrogens with one attached hydrogen (secondary N) is 1. The topological polar surface area (TPSA) is 139 Å². The number of allylic oxidation sites excluding steroid dienone is 1. The minimum atomic E-state index is -0.819. The van der Waals surface area contributed by atoms with Crippen LogP contribution in [0.1, 0.15) is 108 Å². The second-order valence-corrected chi connectivity index (χ2v) is 16.5. The van der Waals surface area contributed by atoms with E-state index in [-0.39, 0.29) is 56.0 Å². The van der Waals surface area contributed by atoms with Crippen molar-refractivity contribution in [3.05, 3.63) is 34.4 Å². The summed E-state index contributed by atoms with van der Waals surface area (Å²) >= 11 is 1.53. The summed E-state index contributed by atoms with van der Waals surface area (Å²) in [5.41, 5.74) is 8.88. The minimum Gasteiger partial charge on any atom is -0.504 e. The number of phenolic OH excluding ortho intramolecular Hbond substituents is 2. The van der Waals surface area contributed by atoms with Gasteiger partial charge in [0.2, 0.25) is 11.8 Å². The van der Waals surface area contributed by atoms with Crippen LogP contribution in [-0.2, 0) is 24.5 Å². The standard InChI is InChI=1S/C35H50N2O6S/c1-19-27-21(15-23(39)28(19)40)33(5)12-14-35(7)26-17-32(4,30(36)42)10-9-31(26,3)11-13-34(35,6)25(33)16-24(27)44-18-22(29(41)43-8)37-20(2)38/h15-16,22,24,26,39-40H,9-14,17-18H2,1-8H3,(H2,36,42)(H,37,38)/t22-,24?,26+,31+,32+,33-,34+,35-/m0/s1. The molecule has 0 aromatic heterocycles. The molecule has 4 aliphatic carbocycles. The third-order valence-electron chi connectivity index (χ3n) is 13.0. The number of fused-ring (bicyclic) bond motifs is 7. The van der Waals surface area contributed by atoms with Crippen LogP contribution in [0.2, 0.25) is 0 Å². The summed E-state index contributed by atoms with van der Waals surface area (Å²) in [5, 5.41) is 24.2. The zero-order valence-electron chi connectivity index (χ0n) is 27.6. The van der Waals surface area contributed by atoms with E-state index in [1.54, 1.807) is 6.07 Å². The van der Waals surface area contributed by atoms with E-state index in [0.717, 1.165) is 56.1 Å². The SMILES string of the molecule is COC(=O)[C@H](CSC1C=C2[C@@](C)(CC[C@@]3(C)[C@@H]4C[C@](C)(C(N)=O)CC[C@]4(C)CC[C@]23C)c2cc(O)c(O)c(C)c21)NC(C)=O. The first-order chi connectivity index (χ1) is 20.4. The molecule has 44 heavy (non-hydrogen) atoms. The first kappa shape index (κ1) is 32.7. The van der Waals surface area contributed by atoms with Gasteiger partial charge in [-0.05, 0) is 96.8 Å². The van der Waals surface area contributed by atoms with E-state index in [1.165, 1.54) is 31.4 Å². The van der Waals surface area contributed by atoms with Crippen molar-refractivity contribution in [2.45, 2.75) is 110 Å². The molecule has 0 heterocycles. The van der Waals surface area contributed by atoms with Gasteiger partial charge in [0.15, 0.2) is 11.5 Å². The highest BCUT2D eigenvalue weighted by Gasteiger charge is 2.67. The van der Waals surface area contributed by atoms with Crippen LogP contribution in [0.4, 0.5) is 0 Å². The number of nitrogens with two attached hydrogens (primary N) is 1. The summed E-state index contributed by atoms with van der Waals surface area (Å²) in [7, 11) is 1.31. The van der Waals surface area contributed by atoms with E-state index in [0.29, 0.717) is 11.5 Å². The van der Waals surface area contributed by atoms with Crippen LogP contribution >= 0.6 is 11.8 Å². The van der Waals surface area contributed by atoms with Gasteiger partial charge in [-0.25, -0.2) is 4.79 Å². The first-order valence-corrected chi connectivity index (χ1v) is 17.0. The summed E-state index contributed by atoms with van der Waals surface area (Å²) in [6, 6.07) is 0.924. The Balaban J connectivity index is 1.64. The highest BCUT2D eigenvalue weighted by Crippen LogP contribution is 2.75. The predicted octanol–water partition coefficient (Wildman–Crippen LogP) is 5.95. The Morgan fingerprint density at radius 3 is 2.34 bits per heavy atom. The van der Waals surface area contributed by atoms with Crippen molar-refractivity contribution < 1.29 is 29.3 Å². The molecule has 0 saturated heterocycles. The van der Waals surface area contributed by atoms with Crippen LogP contribution in [0.15, 0.2) is 17.7 Å². The molecule has 9 heteroatoms. The number of esters is 1. The quantitative estimate of drug-likeness (QED) is 0.174. The van der Waals surface area contributed by atoms with Crippen LogP contribution in [-0.4, -0.2) is 46.9 Å². The molecule has 4 aliphatic rings. The molecule has 3 saturated carbocycles. The lowest BCUT2D eigenvalue weighted by Crippen LogP contribution is -2.63. The second kappa shape index (κ2) is 10.7. The molecule has 1 unspecified atom stereocenters. The van der Waals surface area contributed by atoms with Gasteiger partial charge in [0.25, 0.3) is 0 Å². The minimum absolute atomic E-state index is 0.0893. The van der Waals surface area contributed by atoms with E-state index in [4.69, 9.17) is 10.5 Å². The molecular formula is C35H50N2O6S. The van der Waals surface area contributed by atoms with E-state index in [9.17, 15) is 24.6 Å². The lowest BCUT2D eigenvalue weighted by molar-refractivity contribution is -0.166. The van der Waals surface area contributed by atoms with Gasteiger partial charge in [0.05, 0.1) is 7.11 Å². The summed E-state index contributed by atoms with van der Waals surface area (Å²) in [4.78, 5) is 37.2. The monoisotopic (exact) mass is 626 g/mol. The number of ether oxygens (including phenoxy) is 1. The van der Waals surface area contributed by atoms with E-state index in [1.807, 2.05) is 13.8 Å². The second-order valence-electron chi connectivity index (χ2n) is 15.4. The third-order valence-corrected chi connectivity index (χ3v) is 14.2. The molecule has 0 aliphatic heterocycles. The predicted molar refractivity (Wildman–Crippen MR) is 172 cm³/mol. The van der Waals surface area contributed by atoms with E-state index >= 15 is 0 Å². The van der Waals surface area contributed by atoms with Gasteiger partial charge in [-0.1, -0.05) is 46.3 Å². The highest BCUT2D eigenvalue weighted by atomic mass is 32.2. The third kappa shape index (κ3) is 4.66. The molecule has 8 nitrogen and oxygen atoms in total. The summed E-state index contributed by atoms with van der Waals surface area (Å²) < 4.78 is 4.99. The molecule has 0 spiro atoms. The van der Waals surface area contributed by atoms with Crippen LogP contribution in [0, 0.1) is 34.5 Å². The fraction of sp³-hybridized carbons (Fsp3) is 0.686. The normalized spacial score (nSPS) is 38.1. The largest absolute Gasteiger partial charge is 0.504 e. The fourth-order valence-corrected chi connectivity index (χ4v) is 11.1. The molecular weight excluding hydrogens is 576 g/mol.